The monoisotopic (exact) mass is 235 g/mol. The van der Waals surface area contributed by atoms with Gasteiger partial charge in [0.05, 0.1) is 14.1 Å². The van der Waals surface area contributed by atoms with Crippen LogP contribution in [-0.2, 0) is 0 Å². The van der Waals surface area contributed by atoms with Crippen molar-refractivity contribution in [1.29, 1.82) is 0 Å². The van der Waals surface area contributed by atoms with Gasteiger partial charge in [0.1, 0.15) is 0 Å². The maximum atomic E-state index is 4.68. The van der Waals surface area contributed by atoms with Gasteiger partial charge in [0.15, 0.2) is 0 Å². The fourth-order valence-electron chi connectivity index (χ4n) is 2.19. The maximum Gasteiger partial charge on any atom is 0.0691 e. The standard InChI is InChI=1S/C14H25NSi/c1-8-12-11(10-16(5,6)7)9-15-13(12)14(2,3)4/h8-10,12-13H,1H2,2-7H3/b11-10-/t12-,13+/m1/s1. The topological polar surface area (TPSA) is 12.4 Å². The third-order valence-corrected chi connectivity index (χ3v) is 4.05. The Labute approximate surface area is 101 Å². The highest BCUT2D eigenvalue weighted by molar-refractivity contribution is 6.81. The summed E-state index contributed by atoms with van der Waals surface area (Å²) in [6.45, 7) is 17.8. The van der Waals surface area contributed by atoms with Crippen LogP contribution >= 0.6 is 0 Å². The van der Waals surface area contributed by atoms with Crippen LogP contribution in [0.1, 0.15) is 20.8 Å². The Morgan fingerprint density at radius 1 is 1.31 bits per heavy atom. The van der Waals surface area contributed by atoms with E-state index in [1.54, 1.807) is 0 Å². The van der Waals surface area contributed by atoms with Crippen LogP contribution in [0.2, 0.25) is 19.6 Å². The zero-order chi connectivity index (χ0) is 12.6. The Kier molecular flexibility index (Phi) is 3.63. The fraction of sp³-hybridized carbons (Fsp3) is 0.643. The molecule has 2 atom stereocenters. The Balaban J connectivity index is 3.00. The van der Waals surface area contributed by atoms with Crippen LogP contribution in [0, 0.1) is 11.3 Å². The van der Waals surface area contributed by atoms with E-state index in [9.17, 15) is 0 Å². The minimum absolute atomic E-state index is 0.213. The summed E-state index contributed by atoms with van der Waals surface area (Å²) < 4.78 is 0. The molecule has 0 amide bonds. The van der Waals surface area contributed by atoms with Crippen molar-refractivity contribution in [3.63, 3.8) is 0 Å². The van der Waals surface area contributed by atoms with Gasteiger partial charge in [-0.1, -0.05) is 52.2 Å². The van der Waals surface area contributed by atoms with E-state index in [1.165, 1.54) is 5.57 Å². The molecule has 1 aliphatic rings. The largest absolute Gasteiger partial charge is 0.288 e. The first-order chi connectivity index (χ1) is 7.15. The molecule has 0 radical (unpaired) electrons. The molecule has 1 nitrogen and oxygen atoms in total. The number of hydrogen-bond acceptors (Lipinski definition) is 1. The molecule has 0 aliphatic carbocycles. The molecule has 1 rings (SSSR count). The molecule has 0 aromatic heterocycles. The molecule has 1 heterocycles. The first kappa shape index (κ1) is 13.4. The van der Waals surface area contributed by atoms with E-state index < -0.39 is 8.07 Å². The predicted molar refractivity (Wildman–Crippen MR) is 76.9 cm³/mol. The lowest BCUT2D eigenvalue weighted by Crippen LogP contribution is -2.29. The lowest BCUT2D eigenvalue weighted by Gasteiger charge is -2.29. The van der Waals surface area contributed by atoms with Crippen molar-refractivity contribution < 1.29 is 0 Å². The molecule has 0 fully saturated rings. The second-order valence-electron chi connectivity index (χ2n) is 6.86. The summed E-state index contributed by atoms with van der Waals surface area (Å²) in [5.74, 6) is 0.409. The molecule has 0 aromatic rings. The van der Waals surface area contributed by atoms with Crippen molar-refractivity contribution in [2.45, 2.75) is 46.5 Å². The van der Waals surface area contributed by atoms with E-state index in [-0.39, 0.29) is 5.41 Å². The summed E-state index contributed by atoms with van der Waals surface area (Å²) in [5.41, 5.74) is 4.05. The molecular weight excluding hydrogens is 210 g/mol. The second-order valence-corrected chi connectivity index (χ2v) is 11.9. The van der Waals surface area contributed by atoms with Crippen LogP contribution in [-0.4, -0.2) is 20.3 Å². The average molecular weight is 235 g/mol. The number of aliphatic imine (C=N–C) groups is 1. The van der Waals surface area contributed by atoms with Crippen LogP contribution in [0.5, 0.6) is 0 Å². The van der Waals surface area contributed by atoms with Gasteiger partial charge in [0.2, 0.25) is 0 Å². The summed E-state index contributed by atoms with van der Waals surface area (Å²) in [6, 6.07) is 0.354. The number of nitrogens with zero attached hydrogens (tertiary/aromatic N) is 1. The molecular formula is C14H25NSi. The highest BCUT2D eigenvalue weighted by Crippen LogP contribution is 2.36. The maximum absolute atomic E-state index is 4.68. The van der Waals surface area contributed by atoms with E-state index in [2.05, 4.69) is 70.0 Å². The van der Waals surface area contributed by atoms with Gasteiger partial charge in [-0.3, -0.25) is 4.99 Å². The van der Waals surface area contributed by atoms with E-state index in [0.717, 1.165) is 0 Å². The fourth-order valence-corrected chi connectivity index (χ4v) is 3.46. The summed E-state index contributed by atoms with van der Waals surface area (Å²) in [7, 11) is -1.17. The van der Waals surface area contributed by atoms with Crippen LogP contribution in [0.25, 0.3) is 0 Å². The normalized spacial score (nSPS) is 28.8. The molecule has 16 heavy (non-hydrogen) atoms. The van der Waals surface area contributed by atoms with E-state index in [4.69, 9.17) is 0 Å². The third kappa shape index (κ3) is 3.18. The molecule has 90 valence electrons. The van der Waals surface area contributed by atoms with E-state index in [1.807, 2.05) is 0 Å². The zero-order valence-corrected chi connectivity index (χ0v) is 12.5. The lowest BCUT2D eigenvalue weighted by atomic mass is 9.78. The van der Waals surface area contributed by atoms with Gasteiger partial charge in [0, 0.05) is 12.1 Å². The van der Waals surface area contributed by atoms with Crippen molar-refractivity contribution in [2.24, 2.45) is 16.3 Å². The molecule has 0 N–H and O–H groups in total. The minimum atomic E-state index is -1.17. The van der Waals surface area contributed by atoms with Gasteiger partial charge >= 0.3 is 0 Å². The molecule has 0 bridgehead atoms. The third-order valence-electron chi connectivity index (χ3n) is 2.85. The number of rotatable bonds is 2. The van der Waals surface area contributed by atoms with E-state index in [0.29, 0.717) is 12.0 Å². The van der Waals surface area contributed by atoms with Crippen molar-refractivity contribution in [2.75, 3.05) is 0 Å². The quantitative estimate of drug-likeness (QED) is 0.505. The molecule has 1 aliphatic heterocycles. The van der Waals surface area contributed by atoms with Crippen molar-refractivity contribution in [1.82, 2.24) is 0 Å². The number of hydrogen-bond donors (Lipinski definition) is 0. The van der Waals surface area contributed by atoms with Crippen molar-refractivity contribution in [3.8, 4) is 0 Å². The summed E-state index contributed by atoms with van der Waals surface area (Å²) >= 11 is 0. The molecule has 0 spiro atoms. The Bertz CT molecular complexity index is 326. The molecule has 0 saturated heterocycles. The van der Waals surface area contributed by atoms with Crippen molar-refractivity contribution in [3.05, 3.63) is 23.9 Å². The average Bonchev–Trinajstić information content (AvgIpc) is 2.43. The zero-order valence-electron chi connectivity index (χ0n) is 11.5. The van der Waals surface area contributed by atoms with Gasteiger partial charge in [-0.2, -0.15) is 0 Å². The first-order valence-corrected chi connectivity index (χ1v) is 9.61. The Morgan fingerprint density at radius 2 is 1.88 bits per heavy atom. The molecule has 2 heteroatoms. The van der Waals surface area contributed by atoms with Gasteiger partial charge < -0.3 is 0 Å². The Morgan fingerprint density at radius 3 is 2.25 bits per heavy atom. The molecule has 0 saturated carbocycles. The van der Waals surface area contributed by atoms with Gasteiger partial charge in [0.25, 0.3) is 0 Å². The second kappa shape index (κ2) is 4.32. The van der Waals surface area contributed by atoms with Crippen LogP contribution < -0.4 is 0 Å². The van der Waals surface area contributed by atoms with Gasteiger partial charge in [-0.15, -0.1) is 6.58 Å². The smallest absolute Gasteiger partial charge is 0.0691 e. The lowest BCUT2D eigenvalue weighted by molar-refractivity contribution is 0.298. The van der Waals surface area contributed by atoms with Gasteiger partial charge in [-0.25, -0.2) is 0 Å². The van der Waals surface area contributed by atoms with Crippen LogP contribution in [0.4, 0.5) is 0 Å². The first-order valence-electron chi connectivity index (χ1n) is 6.03. The summed E-state index contributed by atoms with van der Waals surface area (Å²) in [4.78, 5) is 4.68. The predicted octanol–water partition coefficient (Wildman–Crippen LogP) is 4.09. The molecule has 0 unspecified atom stereocenters. The minimum Gasteiger partial charge on any atom is -0.288 e. The van der Waals surface area contributed by atoms with E-state index >= 15 is 0 Å². The SMILES string of the molecule is C=C[C@@H]1/C(=C\[Si](C)(C)C)C=N[C@@H]1C(C)(C)C. The van der Waals surface area contributed by atoms with Gasteiger partial charge in [-0.05, 0) is 11.0 Å². The Hall–Kier alpha value is -0.633. The highest BCUT2D eigenvalue weighted by Gasteiger charge is 2.35. The van der Waals surface area contributed by atoms with Crippen LogP contribution in [0.3, 0.4) is 0 Å². The van der Waals surface area contributed by atoms with Crippen LogP contribution in [0.15, 0.2) is 28.9 Å². The highest BCUT2D eigenvalue weighted by atomic mass is 28.3. The summed E-state index contributed by atoms with van der Waals surface area (Å²) in [6.07, 6.45) is 4.13. The summed E-state index contributed by atoms with van der Waals surface area (Å²) in [5, 5.41) is 0. The molecule has 0 aromatic carbocycles. The van der Waals surface area contributed by atoms with Crippen molar-refractivity contribution >= 4 is 14.3 Å².